The third-order valence-corrected chi connectivity index (χ3v) is 6.94. The van der Waals surface area contributed by atoms with Gasteiger partial charge in [-0.1, -0.05) is 38.1 Å². The van der Waals surface area contributed by atoms with Gasteiger partial charge < -0.3 is 4.90 Å². The second kappa shape index (κ2) is 10.0. The number of anilines is 1. The van der Waals surface area contributed by atoms with Crippen LogP contribution in [0.2, 0.25) is 0 Å². The van der Waals surface area contributed by atoms with E-state index in [0.29, 0.717) is 41.7 Å². The van der Waals surface area contributed by atoms with Crippen molar-refractivity contribution in [2.45, 2.75) is 44.8 Å². The fraction of sp³-hybridized carbons (Fsp3) is 0.400. The summed E-state index contributed by atoms with van der Waals surface area (Å²) in [6.45, 7) is 6.22. The van der Waals surface area contributed by atoms with E-state index in [9.17, 15) is 21.6 Å². The van der Waals surface area contributed by atoms with E-state index in [1.54, 1.807) is 36.9 Å². The van der Waals surface area contributed by atoms with Crippen molar-refractivity contribution < 1.29 is 21.6 Å². The van der Waals surface area contributed by atoms with Gasteiger partial charge in [0.25, 0.3) is 10.0 Å². The number of aromatic nitrogens is 2. The minimum absolute atomic E-state index is 0.0740. The standard InChI is InChI=1S/C25H31F3N4O2S/c1-16(2)12-23-24(17(3)32(6)29-23)30-35(33,34)20-10-11-21(22(14-20)25(26,27)28)19-9-7-8-18(13-19)15-31(4)5/h7-11,13-14,16,30H,12,15H2,1-6H3. The summed E-state index contributed by atoms with van der Waals surface area (Å²) in [5.41, 5.74) is 1.57. The molecule has 0 fully saturated rings. The van der Waals surface area contributed by atoms with Crippen molar-refractivity contribution in [2.75, 3.05) is 18.8 Å². The Bertz CT molecular complexity index is 1310. The van der Waals surface area contributed by atoms with Crippen molar-refractivity contribution in [2.24, 2.45) is 13.0 Å². The average Bonchev–Trinajstić information content (AvgIpc) is 2.99. The fourth-order valence-corrected chi connectivity index (χ4v) is 5.08. The van der Waals surface area contributed by atoms with Gasteiger partial charge in [-0.2, -0.15) is 18.3 Å². The molecule has 0 amide bonds. The first-order chi connectivity index (χ1) is 16.2. The number of nitrogens with one attached hydrogen (secondary N) is 1. The van der Waals surface area contributed by atoms with Crippen LogP contribution in [0.5, 0.6) is 0 Å². The van der Waals surface area contributed by atoms with Gasteiger partial charge in [-0.25, -0.2) is 8.42 Å². The summed E-state index contributed by atoms with van der Waals surface area (Å²) < 4.78 is 72.6. The van der Waals surface area contributed by atoms with E-state index in [0.717, 1.165) is 5.56 Å². The molecule has 0 radical (unpaired) electrons. The van der Waals surface area contributed by atoms with Gasteiger partial charge in [0.1, 0.15) is 0 Å². The molecule has 0 bridgehead atoms. The van der Waals surface area contributed by atoms with Crippen LogP contribution in [0.1, 0.15) is 36.4 Å². The van der Waals surface area contributed by atoms with Crippen LogP contribution >= 0.6 is 0 Å². The molecule has 10 heteroatoms. The highest BCUT2D eigenvalue weighted by molar-refractivity contribution is 7.92. The van der Waals surface area contributed by atoms with E-state index in [-0.39, 0.29) is 11.5 Å². The first kappa shape index (κ1) is 26.7. The smallest absolute Gasteiger partial charge is 0.305 e. The van der Waals surface area contributed by atoms with E-state index in [4.69, 9.17) is 0 Å². The molecule has 190 valence electrons. The van der Waals surface area contributed by atoms with Crippen LogP contribution in [-0.2, 0) is 36.2 Å². The van der Waals surface area contributed by atoms with E-state index in [1.807, 2.05) is 38.9 Å². The zero-order valence-corrected chi connectivity index (χ0v) is 21.5. The van der Waals surface area contributed by atoms with Gasteiger partial charge in [0.2, 0.25) is 0 Å². The largest absolute Gasteiger partial charge is 0.417 e. The molecule has 0 aliphatic carbocycles. The number of aryl methyl sites for hydroxylation is 1. The molecule has 1 heterocycles. The van der Waals surface area contributed by atoms with Crippen LogP contribution in [0.3, 0.4) is 0 Å². The Morgan fingerprint density at radius 1 is 1.11 bits per heavy atom. The number of hydrogen-bond donors (Lipinski definition) is 1. The molecule has 1 aromatic heterocycles. The number of sulfonamides is 1. The second-order valence-electron chi connectivity index (χ2n) is 9.38. The molecular weight excluding hydrogens is 477 g/mol. The van der Waals surface area contributed by atoms with Crippen LogP contribution in [0, 0.1) is 12.8 Å². The van der Waals surface area contributed by atoms with Crippen LogP contribution in [0.15, 0.2) is 47.4 Å². The van der Waals surface area contributed by atoms with Gasteiger partial charge in [0, 0.05) is 13.6 Å². The SMILES string of the molecule is Cc1c(NS(=O)(=O)c2ccc(-c3cccc(CN(C)C)c3)c(C(F)(F)F)c2)c(CC(C)C)nn1C. The van der Waals surface area contributed by atoms with Crippen molar-refractivity contribution in [1.82, 2.24) is 14.7 Å². The molecule has 0 saturated carbocycles. The lowest BCUT2D eigenvalue weighted by Crippen LogP contribution is -2.17. The lowest BCUT2D eigenvalue weighted by molar-refractivity contribution is -0.137. The maximum absolute atomic E-state index is 14.1. The molecule has 3 rings (SSSR count). The zero-order chi connectivity index (χ0) is 26.1. The molecule has 1 N–H and O–H groups in total. The molecule has 2 aromatic carbocycles. The minimum atomic E-state index is -4.74. The highest BCUT2D eigenvalue weighted by atomic mass is 32.2. The molecule has 0 spiro atoms. The van der Waals surface area contributed by atoms with Crippen molar-refractivity contribution >= 4 is 15.7 Å². The summed E-state index contributed by atoms with van der Waals surface area (Å²) in [7, 11) is 1.14. The molecule has 0 unspecified atom stereocenters. The average molecular weight is 509 g/mol. The maximum atomic E-state index is 14.1. The summed E-state index contributed by atoms with van der Waals surface area (Å²) in [5.74, 6) is 0.215. The Hall–Kier alpha value is -2.85. The molecule has 35 heavy (non-hydrogen) atoms. The monoisotopic (exact) mass is 508 g/mol. The molecule has 0 aliphatic heterocycles. The Kier molecular flexibility index (Phi) is 7.66. The predicted molar refractivity (Wildman–Crippen MR) is 132 cm³/mol. The van der Waals surface area contributed by atoms with E-state index in [2.05, 4.69) is 9.82 Å². The zero-order valence-electron chi connectivity index (χ0n) is 20.7. The minimum Gasteiger partial charge on any atom is -0.305 e. The van der Waals surface area contributed by atoms with E-state index < -0.39 is 26.7 Å². The Morgan fingerprint density at radius 2 is 1.80 bits per heavy atom. The van der Waals surface area contributed by atoms with Crippen molar-refractivity contribution in [3.63, 3.8) is 0 Å². The third kappa shape index (κ3) is 6.24. The van der Waals surface area contributed by atoms with Gasteiger partial charge in [-0.05, 0) is 68.2 Å². The summed E-state index contributed by atoms with van der Waals surface area (Å²) in [5, 5.41) is 4.37. The molecule has 6 nitrogen and oxygen atoms in total. The topological polar surface area (TPSA) is 67.2 Å². The van der Waals surface area contributed by atoms with Crippen molar-refractivity contribution in [1.29, 1.82) is 0 Å². The van der Waals surface area contributed by atoms with Gasteiger partial charge in [0.15, 0.2) is 0 Å². The Morgan fingerprint density at radius 3 is 2.40 bits per heavy atom. The number of nitrogens with zero attached hydrogens (tertiary/aromatic N) is 3. The van der Waals surface area contributed by atoms with Crippen LogP contribution in [0.4, 0.5) is 18.9 Å². The molecule has 0 saturated heterocycles. The van der Waals surface area contributed by atoms with Gasteiger partial charge in [-0.3, -0.25) is 9.40 Å². The van der Waals surface area contributed by atoms with Crippen LogP contribution < -0.4 is 4.72 Å². The second-order valence-corrected chi connectivity index (χ2v) is 11.1. The van der Waals surface area contributed by atoms with Crippen molar-refractivity contribution in [3.8, 4) is 11.1 Å². The normalized spacial score (nSPS) is 12.5. The summed E-state index contributed by atoms with van der Waals surface area (Å²) in [4.78, 5) is 1.45. The first-order valence-corrected chi connectivity index (χ1v) is 12.7. The summed E-state index contributed by atoms with van der Waals surface area (Å²) in [6.07, 6.45) is -4.22. The molecule has 3 aromatic rings. The number of hydrogen-bond acceptors (Lipinski definition) is 4. The highest BCUT2D eigenvalue weighted by Gasteiger charge is 2.35. The quantitative estimate of drug-likeness (QED) is 0.438. The summed E-state index contributed by atoms with van der Waals surface area (Å²) in [6, 6.07) is 9.94. The first-order valence-electron chi connectivity index (χ1n) is 11.2. The maximum Gasteiger partial charge on any atom is 0.417 e. The number of rotatable bonds is 8. The molecule has 0 atom stereocenters. The number of alkyl halides is 3. The Balaban J connectivity index is 2.06. The van der Waals surface area contributed by atoms with Crippen molar-refractivity contribution in [3.05, 3.63) is 65.0 Å². The van der Waals surface area contributed by atoms with Gasteiger partial charge in [-0.15, -0.1) is 0 Å². The lowest BCUT2D eigenvalue weighted by atomic mass is 9.97. The van der Waals surface area contributed by atoms with E-state index >= 15 is 0 Å². The summed E-state index contributed by atoms with van der Waals surface area (Å²) >= 11 is 0. The van der Waals surface area contributed by atoms with Gasteiger partial charge >= 0.3 is 6.18 Å². The predicted octanol–water partition coefficient (Wildman–Crippen LogP) is 5.48. The van der Waals surface area contributed by atoms with E-state index in [1.165, 1.54) is 12.1 Å². The highest BCUT2D eigenvalue weighted by Crippen LogP contribution is 2.39. The van der Waals surface area contributed by atoms with Gasteiger partial charge in [0.05, 0.1) is 27.5 Å². The Labute approximate surface area is 204 Å². The lowest BCUT2D eigenvalue weighted by Gasteiger charge is -2.17. The molecule has 0 aliphatic rings. The third-order valence-electron chi connectivity index (χ3n) is 5.59. The van der Waals surface area contributed by atoms with Crippen LogP contribution in [0.25, 0.3) is 11.1 Å². The molecular formula is C25H31F3N4O2S. The van der Waals surface area contributed by atoms with Crippen LogP contribution in [-0.4, -0.2) is 37.2 Å². The number of benzene rings is 2. The number of halogens is 3. The fourth-order valence-electron chi connectivity index (χ4n) is 3.91.